The molecule has 98 valence electrons. The van der Waals surface area contributed by atoms with Crippen molar-refractivity contribution in [2.24, 2.45) is 0 Å². The molecule has 0 aromatic carbocycles. The Labute approximate surface area is 112 Å². The van der Waals surface area contributed by atoms with Crippen molar-refractivity contribution in [3.8, 4) is 11.9 Å². The molecule has 1 unspecified atom stereocenters. The molecule has 5 nitrogen and oxygen atoms in total. The van der Waals surface area contributed by atoms with Crippen LogP contribution in [0.3, 0.4) is 0 Å². The van der Waals surface area contributed by atoms with Crippen LogP contribution in [0.4, 0.5) is 0 Å². The van der Waals surface area contributed by atoms with Crippen LogP contribution >= 0.6 is 0 Å². The van der Waals surface area contributed by atoms with Crippen molar-refractivity contribution in [1.29, 1.82) is 5.26 Å². The lowest BCUT2D eigenvalue weighted by atomic mass is 10.1. The van der Waals surface area contributed by atoms with E-state index in [1.54, 1.807) is 23.2 Å². The summed E-state index contributed by atoms with van der Waals surface area (Å²) in [5, 5.41) is 12.4. The number of nitriles is 1. The van der Waals surface area contributed by atoms with Crippen molar-refractivity contribution in [3.05, 3.63) is 42.1 Å². The van der Waals surface area contributed by atoms with E-state index in [9.17, 15) is 0 Å². The minimum Gasteiger partial charge on any atom is -0.310 e. The van der Waals surface area contributed by atoms with Crippen LogP contribution in [0.15, 0.2) is 30.7 Å². The fourth-order valence-electron chi connectivity index (χ4n) is 1.88. The second kappa shape index (κ2) is 6.12. The molecule has 0 bridgehead atoms. The quantitative estimate of drug-likeness (QED) is 0.889. The third-order valence-electron chi connectivity index (χ3n) is 2.96. The fraction of sp³-hybridized carbons (Fsp3) is 0.357. The molecule has 2 rings (SSSR count). The highest BCUT2D eigenvalue weighted by atomic mass is 15.1. The SMILES string of the molecule is CCCNC(C)c1ccnc(-n2ccnc2C#N)c1. The van der Waals surface area contributed by atoms with Crippen LogP contribution in [-0.2, 0) is 0 Å². The van der Waals surface area contributed by atoms with Crippen molar-refractivity contribution >= 4 is 0 Å². The Morgan fingerprint density at radius 3 is 3.00 bits per heavy atom. The maximum Gasteiger partial charge on any atom is 0.218 e. The van der Waals surface area contributed by atoms with Crippen molar-refractivity contribution in [2.75, 3.05) is 6.54 Å². The molecule has 0 saturated heterocycles. The number of nitrogens with one attached hydrogen (secondary N) is 1. The van der Waals surface area contributed by atoms with E-state index in [1.807, 2.05) is 12.1 Å². The van der Waals surface area contributed by atoms with Gasteiger partial charge in [-0.2, -0.15) is 5.26 Å². The lowest BCUT2D eigenvalue weighted by molar-refractivity contribution is 0.570. The van der Waals surface area contributed by atoms with Crippen LogP contribution in [0.1, 0.15) is 37.7 Å². The molecule has 19 heavy (non-hydrogen) atoms. The van der Waals surface area contributed by atoms with E-state index in [0.717, 1.165) is 24.3 Å². The van der Waals surface area contributed by atoms with E-state index in [2.05, 4.69) is 35.2 Å². The topological polar surface area (TPSA) is 66.5 Å². The summed E-state index contributed by atoms with van der Waals surface area (Å²) in [5.74, 6) is 1.07. The van der Waals surface area contributed by atoms with Gasteiger partial charge in [-0.1, -0.05) is 6.92 Å². The Balaban J connectivity index is 2.27. The van der Waals surface area contributed by atoms with Gasteiger partial charge in [-0.3, -0.25) is 4.57 Å². The van der Waals surface area contributed by atoms with Gasteiger partial charge >= 0.3 is 0 Å². The fourth-order valence-corrected chi connectivity index (χ4v) is 1.88. The summed E-state index contributed by atoms with van der Waals surface area (Å²) in [6.45, 7) is 5.24. The van der Waals surface area contributed by atoms with E-state index in [-0.39, 0.29) is 6.04 Å². The number of rotatable bonds is 5. The molecule has 0 fully saturated rings. The Hall–Kier alpha value is -2.19. The van der Waals surface area contributed by atoms with Crippen LogP contribution in [-0.4, -0.2) is 21.1 Å². The third-order valence-corrected chi connectivity index (χ3v) is 2.96. The number of hydrogen-bond acceptors (Lipinski definition) is 4. The molecule has 2 aromatic heterocycles. The highest BCUT2D eigenvalue weighted by Crippen LogP contribution is 2.15. The number of aromatic nitrogens is 3. The molecular weight excluding hydrogens is 238 g/mol. The van der Waals surface area contributed by atoms with E-state index in [1.165, 1.54) is 0 Å². The van der Waals surface area contributed by atoms with Crippen molar-refractivity contribution in [1.82, 2.24) is 19.9 Å². The van der Waals surface area contributed by atoms with Crippen molar-refractivity contribution in [2.45, 2.75) is 26.3 Å². The summed E-state index contributed by atoms with van der Waals surface area (Å²) in [7, 11) is 0. The van der Waals surface area contributed by atoms with E-state index in [0.29, 0.717) is 5.82 Å². The Bertz CT molecular complexity index is 582. The lowest BCUT2D eigenvalue weighted by Crippen LogP contribution is -2.19. The van der Waals surface area contributed by atoms with Crippen molar-refractivity contribution < 1.29 is 0 Å². The van der Waals surface area contributed by atoms with Crippen LogP contribution in [0.2, 0.25) is 0 Å². The van der Waals surface area contributed by atoms with Gasteiger partial charge < -0.3 is 5.32 Å². The molecule has 0 aliphatic heterocycles. The predicted molar refractivity (Wildman–Crippen MR) is 72.8 cm³/mol. The predicted octanol–water partition coefficient (Wildman–Crippen LogP) is 2.20. The first-order valence-electron chi connectivity index (χ1n) is 6.39. The maximum atomic E-state index is 8.99. The van der Waals surface area contributed by atoms with Crippen LogP contribution < -0.4 is 5.32 Å². The van der Waals surface area contributed by atoms with Crippen LogP contribution in [0, 0.1) is 11.3 Å². The highest BCUT2D eigenvalue weighted by molar-refractivity contribution is 5.33. The molecule has 0 radical (unpaired) electrons. The van der Waals surface area contributed by atoms with E-state index in [4.69, 9.17) is 5.26 Å². The maximum absolute atomic E-state index is 8.99. The first kappa shape index (κ1) is 13.2. The van der Waals surface area contributed by atoms with Gasteiger partial charge in [-0.05, 0) is 37.6 Å². The highest BCUT2D eigenvalue weighted by Gasteiger charge is 2.09. The van der Waals surface area contributed by atoms with Gasteiger partial charge in [-0.15, -0.1) is 0 Å². The molecular formula is C14H17N5. The number of pyridine rings is 1. The molecule has 1 N–H and O–H groups in total. The number of imidazole rings is 1. The van der Waals surface area contributed by atoms with Crippen LogP contribution in [0.5, 0.6) is 0 Å². The average Bonchev–Trinajstić information content (AvgIpc) is 2.93. The minimum absolute atomic E-state index is 0.260. The van der Waals surface area contributed by atoms with E-state index >= 15 is 0 Å². The van der Waals surface area contributed by atoms with Gasteiger partial charge in [-0.25, -0.2) is 9.97 Å². The Kier molecular flexibility index (Phi) is 4.26. The third kappa shape index (κ3) is 2.98. The van der Waals surface area contributed by atoms with Gasteiger partial charge in [0.15, 0.2) is 0 Å². The molecule has 0 spiro atoms. The molecule has 0 aliphatic carbocycles. The van der Waals surface area contributed by atoms with Gasteiger partial charge in [0, 0.05) is 24.6 Å². The monoisotopic (exact) mass is 255 g/mol. The molecule has 0 saturated carbocycles. The normalized spacial score (nSPS) is 12.1. The zero-order valence-electron chi connectivity index (χ0n) is 11.2. The second-order valence-electron chi connectivity index (χ2n) is 4.36. The second-order valence-corrected chi connectivity index (χ2v) is 4.36. The standard InChI is InChI=1S/C14H17N5/c1-3-5-16-11(2)12-4-6-17-13(9-12)19-8-7-18-14(19)10-15/h4,6-9,11,16H,3,5H2,1-2H3. The summed E-state index contributed by atoms with van der Waals surface area (Å²) < 4.78 is 1.69. The van der Waals surface area contributed by atoms with Crippen molar-refractivity contribution in [3.63, 3.8) is 0 Å². The molecule has 0 aliphatic rings. The summed E-state index contributed by atoms with van der Waals surface area (Å²) >= 11 is 0. The summed E-state index contributed by atoms with van der Waals surface area (Å²) in [6, 6.07) is 6.28. The zero-order valence-corrected chi connectivity index (χ0v) is 11.2. The first-order valence-corrected chi connectivity index (χ1v) is 6.39. The van der Waals surface area contributed by atoms with Gasteiger partial charge in [0.2, 0.25) is 5.82 Å². The summed E-state index contributed by atoms with van der Waals surface area (Å²) in [6.07, 6.45) is 6.21. The largest absolute Gasteiger partial charge is 0.310 e. The average molecular weight is 255 g/mol. The molecule has 1 atom stereocenters. The molecule has 2 heterocycles. The summed E-state index contributed by atoms with van der Waals surface area (Å²) in [4.78, 5) is 8.28. The minimum atomic E-state index is 0.260. The zero-order chi connectivity index (χ0) is 13.7. The molecule has 0 amide bonds. The smallest absolute Gasteiger partial charge is 0.218 e. The van der Waals surface area contributed by atoms with Gasteiger partial charge in [0.1, 0.15) is 11.9 Å². The number of hydrogen-bond donors (Lipinski definition) is 1. The molecule has 2 aromatic rings. The number of nitrogens with zero attached hydrogens (tertiary/aromatic N) is 4. The van der Waals surface area contributed by atoms with E-state index < -0.39 is 0 Å². The molecule has 5 heteroatoms. The Morgan fingerprint density at radius 1 is 1.42 bits per heavy atom. The summed E-state index contributed by atoms with van der Waals surface area (Å²) in [5.41, 5.74) is 1.15. The Morgan fingerprint density at radius 2 is 2.26 bits per heavy atom. The lowest BCUT2D eigenvalue weighted by Gasteiger charge is -2.14. The van der Waals surface area contributed by atoms with Crippen LogP contribution in [0.25, 0.3) is 5.82 Å². The van der Waals surface area contributed by atoms with Gasteiger partial charge in [0.25, 0.3) is 0 Å². The first-order chi connectivity index (χ1) is 9.26. The van der Waals surface area contributed by atoms with Gasteiger partial charge in [0.05, 0.1) is 0 Å².